The minimum Gasteiger partial charge on any atom is -0.497 e. The number of benzene rings is 1. The van der Waals surface area contributed by atoms with E-state index < -0.39 is 0 Å². The van der Waals surface area contributed by atoms with Gasteiger partial charge in [-0.3, -0.25) is 4.79 Å². The van der Waals surface area contributed by atoms with Crippen molar-refractivity contribution in [1.82, 2.24) is 5.32 Å². The Kier molecular flexibility index (Phi) is 4.42. The van der Waals surface area contributed by atoms with Crippen molar-refractivity contribution < 1.29 is 13.9 Å². The monoisotopic (exact) mass is 313 g/mol. The fourth-order valence-electron chi connectivity index (χ4n) is 3.45. The Labute approximate surface area is 136 Å². The smallest absolute Gasteiger partial charge is 0.255 e. The summed E-state index contributed by atoms with van der Waals surface area (Å²) in [6.45, 7) is 4.37. The number of hydrogen-bond donors (Lipinski definition) is 1. The molecule has 1 unspecified atom stereocenters. The lowest BCUT2D eigenvalue weighted by Crippen LogP contribution is -2.30. The predicted octanol–water partition coefficient (Wildman–Crippen LogP) is 3.75. The van der Waals surface area contributed by atoms with Gasteiger partial charge in [-0.05, 0) is 56.4 Å². The normalized spacial score (nSPS) is 16.7. The fourth-order valence-corrected chi connectivity index (χ4v) is 3.45. The van der Waals surface area contributed by atoms with Crippen molar-refractivity contribution in [3.63, 3.8) is 0 Å². The third-order valence-corrected chi connectivity index (χ3v) is 4.68. The van der Waals surface area contributed by atoms with Crippen molar-refractivity contribution in [2.24, 2.45) is 0 Å². The molecule has 1 aromatic heterocycles. The van der Waals surface area contributed by atoms with Gasteiger partial charge in [0.15, 0.2) is 0 Å². The van der Waals surface area contributed by atoms with E-state index in [1.807, 2.05) is 19.9 Å². The number of amides is 1. The molecule has 0 fully saturated rings. The summed E-state index contributed by atoms with van der Waals surface area (Å²) in [4.78, 5) is 12.4. The van der Waals surface area contributed by atoms with Crippen LogP contribution >= 0.6 is 0 Å². The second-order valence-electron chi connectivity index (χ2n) is 6.21. The molecular formula is C19H23NO3. The molecule has 0 aliphatic heterocycles. The Balaban J connectivity index is 1.72. The number of methoxy groups -OCH3 is 1. The Morgan fingerprint density at radius 1 is 1.39 bits per heavy atom. The first-order valence-electron chi connectivity index (χ1n) is 8.10. The number of aryl methyl sites for hydroxylation is 3. The maximum atomic E-state index is 12.4. The highest BCUT2D eigenvalue weighted by Gasteiger charge is 2.22. The van der Waals surface area contributed by atoms with Crippen molar-refractivity contribution >= 4 is 5.91 Å². The molecule has 1 aliphatic rings. The van der Waals surface area contributed by atoms with Gasteiger partial charge in [0.1, 0.15) is 11.5 Å². The van der Waals surface area contributed by atoms with E-state index in [-0.39, 0.29) is 5.91 Å². The molecule has 4 nitrogen and oxygen atoms in total. The van der Waals surface area contributed by atoms with Gasteiger partial charge in [0, 0.05) is 18.0 Å². The van der Waals surface area contributed by atoms with Crippen LogP contribution in [-0.4, -0.2) is 19.6 Å². The number of furan rings is 1. The van der Waals surface area contributed by atoms with Gasteiger partial charge in [-0.2, -0.15) is 0 Å². The first kappa shape index (κ1) is 15.7. The number of fused-ring (bicyclic) bond motifs is 1. The first-order chi connectivity index (χ1) is 11.1. The number of carbonyl (C=O) groups is 1. The summed E-state index contributed by atoms with van der Waals surface area (Å²) in [5, 5.41) is 3.08. The first-order valence-corrected chi connectivity index (χ1v) is 8.10. The van der Waals surface area contributed by atoms with Crippen molar-refractivity contribution in [1.29, 1.82) is 0 Å². The van der Waals surface area contributed by atoms with Crippen LogP contribution in [0.5, 0.6) is 5.75 Å². The Bertz CT molecular complexity index is 698. The molecule has 0 saturated heterocycles. The standard InChI is InChI=1S/C19H23NO3/c1-12-11-23-13(2)18(12)19(21)20-10-15-6-4-5-14-9-16(22-3)7-8-17(14)15/h7-9,11,15H,4-6,10H2,1-3H3,(H,20,21). The molecule has 1 amide bonds. The van der Waals surface area contributed by atoms with Crippen LogP contribution in [0.15, 0.2) is 28.9 Å². The van der Waals surface area contributed by atoms with Gasteiger partial charge in [0.25, 0.3) is 5.91 Å². The zero-order valence-corrected chi connectivity index (χ0v) is 13.9. The molecule has 2 aromatic rings. The maximum absolute atomic E-state index is 12.4. The Hall–Kier alpha value is -2.23. The van der Waals surface area contributed by atoms with Crippen molar-refractivity contribution in [2.75, 3.05) is 13.7 Å². The van der Waals surface area contributed by atoms with Crippen molar-refractivity contribution in [2.45, 2.75) is 39.0 Å². The third kappa shape index (κ3) is 3.11. The molecule has 4 heteroatoms. The molecule has 0 saturated carbocycles. The van der Waals surface area contributed by atoms with Gasteiger partial charge >= 0.3 is 0 Å². The number of rotatable bonds is 4. The summed E-state index contributed by atoms with van der Waals surface area (Å²) in [5.74, 6) is 1.89. The van der Waals surface area contributed by atoms with Crippen molar-refractivity contribution in [3.05, 3.63) is 52.5 Å². The maximum Gasteiger partial charge on any atom is 0.255 e. The van der Waals surface area contributed by atoms with Gasteiger partial charge in [-0.25, -0.2) is 0 Å². The lowest BCUT2D eigenvalue weighted by Gasteiger charge is -2.26. The second-order valence-corrected chi connectivity index (χ2v) is 6.21. The van der Waals surface area contributed by atoms with E-state index in [0.717, 1.165) is 30.6 Å². The molecule has 23 heavy (non-hydrogen) atoms. The number of ether oxygens (including phenoxy) is 1. The third-order valence-electron chi connectivity index (χ3n) is 4.68. The molecule has 3 rings (SSSR count). The summed E-state index contributed by atoms with van der Waals surface area (Å²) in [6.07, 6.45) is 4.96. The zero-order valence-electron chi connectivity index (χ0n) is 13.9. The summed E-state index contributed by atoms with van der Waals surface area (Å²) >= 11 is 0. The number of nitrogens with one attached hydrogen (secondary N) is 1. The van der Waals surface area contributed by atoms with Crippen LogP contribution in [0.25, 0.3) is 0 Å². The van der Waals surface area contributed by atoms with Gasteiger partial charge in [0.2, 0.25) is 0 Å². The fraction of sp³-hybridized carbons (Fsp3) is 0.421. The van der Waals surface area contributed by atoms with Crippen LogP contribution in [0, 0.1) is 13.8 Å². The molecule has 1 heterocycles. The van der Waals surface area contributed by atoms with E-state index in [4.69, 9.17) is 9.15 Å². The van der Waals surface area contributed by atoms with Gasteiger partial charge < -0.3 is 14.5 Å². The van der Waals surface area contributed by atoms with E-state index in [1.54, 1.807) is 13.4 Å². The molecule has 0 bridgehead atoms. The molecule has 1 atom stereocenters. The summed E-state index contributed by atoms with van der Waals surface area (Å²) in [6, 6.07) is 6.26. The number of carbonyl (C=O) groups excluding carboxylic acids is 1. The highest BCUT2D eigenvalue weighted by molar-refractivity contribution is 5.96. The molecule has 0 radical (unpaired) electrons. The van der Waals surface area contributed by atoms with Gasteiger partial charge in [-0.1, -0.05) is 6.07 Å². The summed E-state index contributed by atoms with van der Waals surface area (Å²) < 4.78 is 10.6. The highest BCUT2D eigenvalue weighted by atomic mass is 16.5. The average Bonchev–Trinajstić information content (AvgIpc) is 2.90. The molecule has 1 aromatic carbocycles. The van der Waals surface area contributed by atoms with Gasteiger partial charge in [0.05, 0.1) is 18.9 Å². The van der Waals surface area contributed by atoms with E-state index >= 15 is 0 Å². The topological polar surface area (TPSA) is 51.5 Å². The van der Waals surface area contributed by atoms with E-state index in [2.05, 4.69) is 17.4 Å². The van der Waals surface area contributed by atoms with Crippen LogP contribution in [-0.2, 0) is 6.42 Å². The number of hydrogen-bond acceptors (Lipinski definition) is 3. The molecule has 0 spiro atoms. The second kappa shape index (κ2) is 6.49. The zero-order chi connectivity index (χ0) is 16.4. The van der Waals surface area contributed by atoms with Crippen LogP contribution < -0.4 is 10.1 Å². The SMILES string of the molecule is COc1ccc2c(c1)CCCC2CNC(=O)c1c(C)coc1C. The molecular weight excluding hydrogens is 290 g/mol. The quantitative estimate of drug-likeness (QED) is 0.935. The largest absolute Gasteiger partial charge is 0.497 e. The minimum absolute atomic E-state index is 0.0469. The van der Waals surface area contributed by atoms with Crippen LogP contribution in [0.4, 0.5) is 0 Å². The Morgan fingerprint density at radius 2 is 2.22 bits per heavy atom. The van der Waals surface area contributed by atoms with E-state index in [9.17, 15) is 4.79 Å². The minimum atomic E-state index is -0.0469. The average molecular weight is 313 g/mol. The molecule has 122 valence electrons. The Morgan fingerprint density at radius 3 is 2.91 bits per heavy atom. The van der Waals surface area contributed by atoms with Crippen molar-refractivity contribution in [3.8, 4) is 5.75 Å². The molecule has 1 aliphatic carbocycles. The van der Waals surface area contributed by atoms with Crippen LogP contribution in [0.3, 0.4) is 0 Å². The van der Waals surface area contributed by atoms with E-state index in [1.165, 1.54) is 11.1 Å². The summed E-state index contributed by atoms with van der Waals surface area (Å²) in [5.41, 5.74) is 4.22. The van der Waals surface area contributed by atoms with E-state index in [0.29, 0.717) is 23.8 Å². The highest BCUT2D eigenvalue weighted by Crippen LogP contribution is 2.33. The van der Waals surface area contributed by atoms with Gasteiger partial charge in [-0.15, -0.1) is 0 Å². The molecule has 1 N–H and O–H groups in total. The summed E-state index contributed by atoms with van der Waals surface area (Å²) in [7, 11) is 1.69. The van der Waals surface area contributed by atoms with Crippen LogP contribution in [0.1, 0.15) is 51.6 Å². The lowest BCUT2D eigenvalue weighted by atomic mass is 9.82. The van der Waals surface area contributed by atoms with Crippen LogP contribution in [0.2, 0.25) is 0 Å². The predicted molar refractivity (Wildman–Crippen MR) is 89.2 cm³/mol. The lowest BCUT2D eigenvalue weighted by molar-refractivity contribution is 0.0948.